The minimum absolute atomic E-state index is 0.241. The molecule has 7 nitrogen and oxygen atoms in total. The topological polar surface area (TPSA) is 107 Å². The molecule has 0 aromatic carbocycles. The highest BCUT2D eigenvalue weighted by molar-refractivity contribution is 7.87. The first-order chi connectivity index (χ1) is 9.70. The lowest BCUT2D eigenvalue weighted by Gasteiger charge is -2.22. The Kier molecular flexibility index (Phi) is 6.60. The molecule has 1 rings (SSSR count). The van der Waals surface area contributed by atoms with Crippen LogP contribution in [-0.4, -0.2) is 42.4 Å². The Hall–Kier alpha value is -1.15. The normalized spacial score (nSPS) is 18.3. The van der Waals surface area contributed by atoms with E-state index in [1.807, 2.05) is 0 Å². The maximum Gasteiger partial charge on any atom is 0.327 e. The Morgan fingerprint density at radius 3 is 2.24 bits per heavy atom. The number of hydrogen-bond donors (Lipinski definition) is 1. The summed E-state index contributed by atoms with van der Waals surface area (Å²) in [6.45, 7) is 3.08. The van der Waals surface area contributed by atoms with E-state index >= 15 is 0 Å². The van der Waals surface area contributed by atoms with Crippen molar-refractivity contribution in [3.63, 3.8) is 0 Å². The van der Waals surface area contributed by atoms with Gasteiger partial charge in [-0.3, -0.25) is 14.1 Å². The number of hydrogen-bond acceptors (Lipinski definition) is 6. The molecule has 0 saturated heterocycles. The van der Waals surface area contributed by atoms with Crippen LogP contribution in [0.1, 0.15) is 52.4 Å². The number of ether oxygens (including phenoxy) is 2. The van der Waals surface area contributed by atoms with Crippen LogP contribution in [0, 0.1) is 0 Å². The Bertz CT molecular complexity index is 463. The predicted octanol–water partition coefficient (Wildman–Crippen LogP) is 1.46. The minimum Gasteiger partial charge on any atom is -0.462 e. The van der Waals surface area contributed by atoms with Crippen LogP contribution < -0.4 is 0 Å². The van der Waals surface area contributed by atoms with E-state index in [0.717, 1.165) is 32.1 Å². The molecule has 1 aliphatic rings. The van der Waals surface area contributed by atoms with Crippen molar-refractivity contribution in [2.45, 2.75) is 69.8 Å². The number of esters is 2. The van der Waals surface area contributed by atoms with Crippen molar-refractivity contribution in [3.05, 3.63) is 0 Å². The standard InChI is InChI=1S/C13H22O7S/c1-9(2)19-13(15)11(21(16,17)18)8-12(14)20-10-6-4-3-5-7-10/h9-11H,3-8H2,1-2H3,(H,16,17,18). The third kappa shape index (κ3) is 6.43. The largest absolute Gasteiger partial charge is 0.462 e. The monoisotopic (exact) mass is 322 g/mol. The molecule has 0 aromatic rings. The molecule has 0 aliphatic heterocycles. The van der Waals surface area contributed by atoms with E-state index in [9.17, 15) is 18.0 Å². The summed E-state index contributed by atoms with van der Waals surface area (Å²) in [7, 11) is -4.72. The predicted molar refractivity (Wildman–Crippen MR) is 74.1 cm³/mol. The lowest BCUT2D eigenvalue weighted by atomic mass is 9.98. The number of rotatable bonds is 6. The molecule has 0 aromatic heterocycles. The van der Waals surface area contributed by atoms with Gasteiger partial charge in [-0.25, -0.2) is 0 Å². The number of carbonyl (C=O) groups excluding carboxylic acids is 2. The summed E-state index contributed by atoms with van der Waals surface area (Å²) in [6, 6.07) is 0. The van der Waals surface area contributed by atoms with Gasteiger partial charge >= 0.3 is 11.9 Å². The summed E-state index contributed by atoms with van der Waals surface area (Å²) in [5.41, 5.74) is 0. The van der Waals surface area contributed by atoms with Crippen LogP contribution in [0.4, 0.5) is 0 Å². The molecule has 0 radical (unpaired) electrons. The van der Waals surface area contributed by atoms with Gasteiger partial charge in [-0.1, -0.05) is 6.42 Å². The average Bonchev–Trinajstić information content (AvgIpc) is 2.34. The van der Waals surface area contributed by atoms with E-state index in [4.69, 9.17) is 14.0 Å². The van der Waals surface area contributed by atoms with Gasteiger partial charge in [0, 0.05) is 0 Å². The van der Waals surface area contributed by atoms with E-state index in [-0.39, 0.29) is 6.10 Å². The third-order valence-electron chi connectivity index (χ3n) is 3.18. The summed E-state index contributed by atoms with van der Waals surface area (Å²) in [4.78, 5) is 23.4. The Balaban J connectivity index is 2.63. The Morgan fingerprint density at radius 1 is 1.19 bits per heavy atom. The van der Waals surface area contributed by atoms with Crippen molar-refractivity contribution in [2.75, 3.05) is 0 Å². The molecule has 1 aliphatic carbocycles. The highest BCUT2D eigenvalue weighted by atomic mass is 32.2. The van der Waals surface area contributed by atoms with E-state index < -0.39 is 39.8 Å². The maximum atomic E-state index is 11.8. The summed E-state index contributed by atoms with van der Waals surface area (Å²) >= 11 is 0. The first-order valence-corrected chi connectivity index (χ1v) is 8.56. The fourth-order valence-corrected chi connectivity index (χ4v) is 2.83. The molecule has 8 heteroatoms. The molecular weight excluding hydrogens is 300 g/mol. The lowest BCUT2D eigenvalue weighted by molar-refractivity contribution is -0.155. The molecule has 0 amide bonds. The second-order valence-corrected chi connectivity index (χ2v) is 7.04. The fraction of sp³-hybridized carbons (Fsp3) is 0.846. The van der Waals surface area contributed by atoms with Crippen LogP contribution in [-0.2, 0) is 29.2 Å². The zero-order valence-electron chi connectivity index (χ0n) is 12.3. The van der Waals surface area contributed by atoms with Crippen LogP contribution in [0.15, 0.2) is 0 Å². The van der Waals surface area contributed by atoms with Crippen LogP contribution in [0.25, 0.3) is 0 Å². The van der Waals surface area contributed by atoms with Gasteiger partial charge in [-0.2, -0.15) is 8.42 Å². The molecule has 122 valence electrons. The van der Waals surface area contributed by atoms with Gasteiger partial charge in [0.05, 0.1) is 12.5 Å². The Labute approximate surface area is 124 Å². The van der Waals surface area contributed by atoms with Crippen molar-refractivity contribution >= 4 is 22.1 Å². The van der Waals surface area contributed by atoms with Gasteiger partial charge in [0.2, 0.25) is 0 Å². The molecule has 0 heterocycles. The molecule has 1 fully saturated rings. The summed E-state index contributed by atoms with van der Waals surface area (Å²) in [6.07, 6.45) is 2.94. The van der Waals surface area contributed by atoms with Crippen LogP contribution >= 0.6 is 0 Å². The van der Waals surface area contributed by atoms with E-state index in [2.05, 4.69) is 0 Å². The van der Waals surface area contributed by atoms with Gasteiger partial charge < -0.3 is 9.47 Å². The molecule has 21 heavy (non-hydrogen) atoms. The lowest BCUT2D eigenvalue weighted by Crippen LogP contribution is -2.36. The van der Waals surface area contributed by atoms with Gasteiger partial charge in [-0.15, -0.1) is 0 Å². The average molecular weight is 322 g/mol. The van der Waals surface area contributed by atoms with Gasteiger partial charge in [0.25, 0.3) is 10.1 Å². The number of carbonyl (C=O) groups is 2. The fourth-order valence-electron chi connectivity index (χ4n) is 2.19. The smallest absolute Gasteiger partial charge is 0.327 e. The van der Waals surface area contributed by atoms with Gasteiger partial charge in [-0.05, 0) is 39.5 Å². The van der Waals surface area contributed by atoms with E-state index in [0.29, 0.717) is 0 Å². The minimum atomic E-state index is -4.72. The molecule has 1 atom stereocenters. The highest BCUT2D eigenvalue weighted by Crippen LogP contribution is 2.21. The highest BCUT2D eigenvalue weighted by Gasteiger charge is 2.36. The van der Waals surface area contributed by atoms with Crippen LogP contribution in [0.2, 0.25) is 0 Å². The molecule has 1 N–H and O–H groups in total. The molecule has 1 saturated carbocycles. The van der Waals surface area contributed by atoms with Crippen molar-refractivity contribution in [2.24, 2.45) is 0 Å². The van der Waals surface area contributed by atoms with Crippen LogP contribution in [0.5, 0.6) is 0 Å². The van der Waals surface area contributed by atoms with Crippen molar-refractivity contribution < 1.29 is 32.0 Å². The van der Waals surface area contributed by atoms with E-state index in [1.54, 1.807) is 13.8 Å². The van der Waals surface area contributed by atoms with E-state index in [1.165, 1.54) is 0 Å². The molecule has 0 spiro atoms. The maximum absolute atomic E-state index is 11.8. The molecular formula is C13H22O7S. The molecule has 1 unspecified atom stereocenters. The zero-order valence-corrected chi connectivity index (χ0v) is 13.1. The summed E-state index contributed by atoms with van der Waals surface area (Å²) in [5, 5.41) is -1.93. The van der Waals surface area contributed by atoms with Gasteiger partial charge in [0.15, 0.2) is 5.25 Å². The Morgan fingerprint density at radius 2 is 1.76 bits per heavy atom. The van der Waals surface area contributed by atoms with Gasteiger partial charge in [0.1, 0.15) is 6.10 Å². The molecule has 0 bridgehead atoms. The van der Waals surface area contributed by atoms with Crippen molar-refractivity contribution in [3.8, 4) is 0 Å². The SMILES string of the molecule is CC(C)OC(=O)C(CC(=O)OC1CCCCC1)S(=O)(=O)O. The van der Waals surface area contributed by atoms with Crippen molar-refractivity contribution in [1.29, 1.82) is 0 Å². The second kappa shape index (κ2) is 7.74. The first-order valence-electron chi connectivity index (χ1n) is 7.06. The second-order valence-electron chi connectivity index (χ2n) is 5.44. The first kappa shape index (κ1) is 17.9. The summed E-state index contributed by atoms with van der Waals surface area (Å²) < 4.78 is 41.4. The third-order valence-corrected chi connectivity index (χ3v) is 4.25. The zero-order chi connectivity index (χ0) is 16.0. The quantitative estimate of drug-likeness (QED) is 0.582. The van der Waals surface area contributed by atoms with Crippen LogP contribution in [0.3, 0.4) is 0 Å². The summed E-state index contributed by atoms with van der Waals surface area (Å²) in [5.74, 6) is -1.96. The van der Waals surface area contributed by atoms with Crippen molar-refractivity contribution in [1.82, 2.24) is 0 Å².